The zero-order chi connectivity index (χ0) is 14.5. The van der Waals surface area contributed by atoms with Crippen molar-refractivity contribution < 1.29 is 14.8 Å². The van der Waals surface area contributed by atoms with E-state index in [2.05, 4.69) is 4.90 Å². The van der Waals surface area contributed by atoms with Crippen LogP contribution in [0.2, 0.25) is 0 Å². The van der Waals surface area contributed by atoms with Crippen molar-refractivity contribution in [1.29, 1.82) is 0 Å². The largest absolute Gasteiger partial charge is 0.480 e. The van der Waals surface area contributed by atoms with Gasteiger partial charge in [0.1, 0.15) is 0 Å². The third-order valence-electron chi connectivity index (χ3n) is 3.41. The maximum Gasteiger partial charge on any atom is 0.317 e. The molecular formula is C13H17N3O4. The number of hydrogen-bond acceptors (Lipinski definition) is 5. The fourth-order valence-corrected chi connectivity index (χ4v) is 2.36. The van der Waals surface area contributed by atoms with E-state index in [9.17, 15) is 14.9 Å². The van der Waals surface area contributed by atoms with Gasteiger partial charge in [-0.05, 0) is 0 Å². The van der Waals surface area contributed by atoms with Crippen molar-refractivity contribution >= 4 is 11.7 Å². The molecule has 1 aliphatic heterocycles. The van der Waals surface area contributed by atoms with Crippen LogP contribution in [0, 0.1) is 10.1 Å². The summed E-state index contributed by atoms with van der Waals surface area (Å²) < 4.78 is 0. The Hall–Kier alpha value is -1.99. The molecule has 0 amide bonds. The van der Waals surface area contributed by atoms with Gasteiger partial charge in [-0.15, -0.1) is 0 Å². The lowest BCUT2D eigenvalue weighted by Crippen LogP contribution is -2.47. The van der Waals surface area contributed by atoms with Gasteiger partial charge in [0, 0.05) is 44.4 Å². The molecule has 1 aliphatic rings. The van der Waals surface area contributed by atoms with E-state index in [4.69, 9.17) is 5.11 Å². The normalized spacial score (nSPS) is 17.0. The van der Waals surface area contributed by atoms with Crippen LogP contribution in [0.5, 0.6) is 0 Å². The molecule has 20 heavy (non-hydrogen) atoms. The Bertz CT molecular complexity index is 498. The topological polar surface area (TPSA) is 86.9 Å². The first-order valence-electron chi connectivity index (χ1n) is 6.45. The number of carboxylic acids is 1. The molecule has 0 atom stereocenters. The van der Waals surface area contributed by atoms with Gasteiger partial charge in [0.05, 0.1) is 11.5 Å². The van der Waals surface area contributed by atoms with Gasteiger partial charge >= 0.3 is 5.97 Å². The van der Waals surface area contributed by atoms with Gasteiger partial charge in [0.2, 0.25) is 0 Å². The molecule has 1 N–H and O–H groups in total. The summed E-state index contributed by atoms with van der Waals surface area (Å²) in [5.41, 5.74) is 0.838. The number of piperazine rings is 1. The molecule has 1 heterocycles. The van der Waals surface area contributed by atoms with Crippen molar-refractivity contribution in [3.8, 4) is 0 Å². The van der Waals surface area contributed by atoms with Crippen molar-refractivity contribution in [2.45, 2.75) is 6.54 Å². The van der Waals surface area contributed by atoms with E-state index in [1.165, 1.54) is 6.07 Å². The molecule has 2 rings (SSSR count). The first-order chi connectivity index (χ1) is 9.56. The lowest BCUT2D eigenvalue weighted by molar-refractivity contribution is -0.385. The van der Waals surface area contributed by atoms with E-state index >= 15 is 0 Å². The van der Waals surface area contributed by atoms with Gasteiger partial charge in [0.25, 0.3) is 5.69 Å². The second-order valence-electron chi connectivity index (χ2n) is 4.83. The summed E-state index contributed by atoms with van der Waals surface area (Å²) in [7, 11) is 0. The minimum Gasteiger partial charge on any atom is -0.480 e. The number of nitro benzene ring substituents is 1. The molecule has 1 aromatic rings. The first-order valence-corrected chi connectivity index (χ1v) is 6.45. The fraction of sp³-hybridized carbons (Fsp3) is 0.462. The predicted octanol–water partition coefficient (Wildman–Crippen LogP) is 0.797. The number of nitrogens with zero attached hydrogens (tertiary/aromatic N) is 3. The second kappa shape index (κ2) is 6.44. The minimum atomic E-state index is -0.822. The highest BCUT2D eigenvalue weighted by Crippen LogP contribution is 2.20. The van der Waals surface area contributed by atoms with E-state index < -0.39 is 5.97 Å². The quantitative estimate of drug-likeness (QED) is 0.633. The Morgan fingerprint density at radius 1 is 1.20 bits per heavy atom. The highest BCUT2D eigenvalue weighted by Gasteiger charge is 2.21. The smallest absolute Gasteiger partial charge is 0.317 e. The van der Waals surface area contributed by atoms with Crippen LogP contribution >= 0.6 is 0 Å². The van der Waals surface area contributed by atoms with Crippen molar-refractivity contribution in [1.82, 2.24) is 9.80 Å². The molecule has 0 aliphatic carbocycles. The van der Waals surface area contributed by atoms with Crippen molar-refractivity contribution in [3.05, 3.63) is 39.9 Å². The van der Waals surface area contributed by atoms with Gasteiger partial charge in [-0.3, -0.25) is 24.7 Å². The van der Waals surface area contributed by atoms with E-state index in [-0.39, 0.29) is 17.2 Å². The monoisotopic (exact) mass is 279 g/mol. The van der Waals surface area contributed by atoms with Crippen molar-refractivity contribution in [3.63, 3.8) is 0 Å². The number of carbonyl (C=O) groups is 1. The Labute approximate surface area is 116 Å². The van der Waals surface area contributed by atoms with Gasteiger partial charge in [-0.25, -0.2) is 0 Å². The van der Waals surface area contributed by atoms with E-state index in [0.717, 1.165) is 13.1 Å². The summed E-state index contributed by atoms with van der Waals surface area (Å²) in [5.74, 6) is -0.822. The molecule has 7 heteroatoms. The van der Waals surface area contributed by atoms with Gasteiger partial charge < -0.3 is 5.11 Å². The number of nitro groups is 1. The number of rotatable bonds is 5. The van der Waals surface area contributed by atoms with E-state index in [1.807, 2.05) is 4.90 Å². The standard InChI is InChI=1S/C13H17N3O4/c17-13(18)10-15-7-5-14(6-8-15)9-11-3-1-2-4-12(11)16(19)20/h1-4H,5-10H2,(H,17,18). The molecule has 0 spiro atoms. The summed E-state index contributed by atoms with van der Waals surface area (Å²) in [4.78, 5) is 25.2. The number of hydrogen-bond donors (Lipinski definition) is 1. The van der Waals surface area contributed by atoms with Crippen molar-refractivity contribution in [2.75, 3.05) is 32.7 Å². The van der Waals surface area contributed by atoms with Crippen LogP contribution in [0.4, 0.5) is 5.69 Å². The average molecular weight is 279 g/mol. The highest BCUT2D eigenvalue weighted by molar-refractivity contribution is 5.69. The maximum absolute atomic E-state index is 11.0. The second-order valence-corrected chi connectivity index (χ2v) is 4.83. The molecule has 0 bridgehead atoms. The lowest BCUT2D eigenvalue weighted by atomic mass is 10.1. The molecule has 1 fully saturated rings. The fourth-order valence-electron chi connectivity index (χ4n) is 2.36. The molecule has 0 radical (unpaired) electrons. The summed E-state index contributed by atoms with van der Waals surface area (Å²) in [5, 5.41) is 19.7. The Kier molecular flexibility index (Phi) is 4.65. The van der Waals surface area contributed by atoms with Crippen LogP contribution < -0.4 is 0 Å². The third-order valence-corrected chi connectivity index (χ3v) is 3.41. The van der Waals surface area contributed by atoms with Gasteiger partial charge in [-0.1, -0.05) is 18.2 Å². The summed E-state index contributed by atoms with van der Waals surface area (Å²) in [6.45, 7) is 3.37. The highest BCUT2D eigenvalue weighted by atomic mass is 16.6. The lowest BCUT2D eigenvalue weighted by Gasteiger charge is -2.33. The van der Waals surface area contributed by atoms with E-state index in [1.54, 1.807) is 18.2 Å². The van der Waals surface area contributed by atoms with Crippen molar-refractivity contribution in [2.24, 2.45) is 0 Å². The van der Waals surface area contributed by atoms with Crippen LogP contribution in [0.3, 0.4) is 0 Å². The summed E-state index contributed by atoms with van der Waals surface area (Å²) in [6, 6.07) is 6.73. The van der Waals surface area contributed by atoms with Crippen LogP contribution in [0.1, 0.15) is 5.56 Å². The molecule has 108 valence electrons. The molecule has 0 saturated carbocycles. The number of para-hydroxylation sites is 1. The Balaban J connectivity index is 1.93. The minimum absolute atomic E-state index is 0.0549. The molecule has 0 aromatic heterocycles. The molecule has 1 aromatic carbocycles. The number of aliphatic carboxylic acids is 1. The summed E-state index contributed by atoms with van der Waals surface area (Å²) in [6.07, 6.45) is 0. The van der Waals surface area contributed by atoms with Crippen LogP contribution in [0.25, 0.3) is 0 Å². The third kappa shape index (κ3) is 3.75. The molecule has 1 saturated heterocycles. The van der Waals surface area contributed by atoms with Crippen LogP contribution in [-0.2, 0) is 11.3 Å². The SMILES string of the molecule is O=C(O)CN1CCN(Cc2ccccc2[N+](=O)[O-])CC1. The molecular weight excluding hydrogens is 262 g/mol. The van der Waals surface area contributed by atoms with Crippen LogP contribution in [0.15, 0.2) is 24.3 Å². The molecule has 0 unspecified atom stereocenters. The Morgan fingerprint density at radius 3 is 2.40 bits per heavy atom. The Morgan fingerprint density at radius 2 is 1.80 bits per heavy atom. The predicted molar refractivity (Wildman–Crippen MR) is 72.4 cm³/mol. The number of carboxylic acid groups (broad SMARTS) is 1. The van der Waals surface area contributed by atoms with Gasteiger partial charge in [-0.2, -0.15) is 0 Å². The molecule has 7 nitrogen and oxygen atoms in total. The zero-order valence-corrected chi connectivity index (χ0v) is 11.1. The number of benzene rings is 1. The van der Waals surface area contributed by atoms with Crippen LogP contribution in [-0.4, -0.2) is 58.5 Å². The van der Waals surface area contributed by atoms with E-state index in [0.29, 0.717) is 25.2 Å². The summed E-state index contributed by atoms with van der Waals surface area (Å²) >= 11 is 0. The average Bonchev–Trinajstić information content (AvgIpc) is 2.41. The maximum atomic E-state index is 11.0. The first kappa shape index (κ1) is 14.4. The zero-order valence-electron chi connectivity index (χ0n) is 11.1. The van der Waals surface area contributed by atoms with Gasteiger partial charge in [0.15, 0.2) is 0 Å².